The van der Waals surface area contributed by atoms with Gasteiger partial charge in [0.15, 0.2) is 11.3 Å². The van der Waals surface area contributed by atoms with Crippen LogP contribution in [-0.4, -0.2) is 37.1 Å². The number of oxazole rings is 1. The molecule has 0 aliphatic rings. The van der Waals surface area contributed by atoms with Crippen LogP contribution < -0.4 is 16.4 Å². The first-order valence-corrected chi connectivity index (χ1v) is 9.81. The van der Waals surface area contributed by atoms with Gasteiger partial charge in [-0.2, -0.15) is 0 Å². The number of fused-ring (bicyclic) bond motifs is 2. The van der Waals surface area contributed by atoms with E-state index in [-0.39, 0.29) is 12.2 Å². The summed E-state index contributed by atoms with van der Waals surface area (Å²) in [5, 5.41) is 5.42. The maximum absolute atomic E-state index is 12.8. The van der Waals surface area contributed by atoms with Crippen LogP contribution in [0, 0.1) is 0 Å². The SMILES string of the molecule is Cn1c(=O)oc2ccc(CNC(=O)c3ncnc4c(NC(=O)OC(C)(C)C)c[nH]c34)cc21. The molecule has 0 unspecified atom stereocenters. The van der Waals surface area contributed by atoms with E-state index in [1.54, 1.807) is 46.0 Å². The third-order valence-corrected chi connectivity index (χ3v) is 4.62. The number of ether oxygens (including phenoxy) is 1. The van der Waals surface area contributed by atoms with Crippen molar-refractivity contribution in [3.8, 4) is 0 Å². The van der Waals surface area contributed by atoms with Crippen molar-refractivity contribution >= 4 is 39.8 Å². The van der Waals surface area contributed by atoms with E-state index in [1.807, 2.05) is 0 Å². The molecule has 2 amide bonds. The van der Waals surface area contributed by atoms with Gasteiger partial charge < -0.3 is 19.5 Å². The molecule has 11 heteroatoms. The number of hydrogen-bond acceptors (Lipinski definition) is 7. The molecule has 0 saturated heterocycles. The molecule has 1 aromatic carbocycles. The molecule has 0 bridgehead atoms. The van der Waals surface area contributed by atoms with Gasteiger partial charge in [0.05, 0.1) is 16.7 Å². The average Bonchev–Trinajstić information content (AvgIpc) is 3.25. The van der Waals surface area contributed by atoms with Crippen LogP contribution in [0.15, 0.2) is 39.9 Å². The van der Waals surface area contributed by atoms with Crippen molar-refractivity contribution in [1.82, 2.24) is 24.8 Å². The molecular formula is C21H22N6O5. The zero-order valence-corrected chi connectivity index (χ0v) is 18.0. The zero-order chi connectivity index (χ0) is 23.0. The lowest BCUT2D eigenvalue weighted by atomic mass is 10.2. The fourth-order valence-corrected chi connectivity index (χ4v) is 3.17. The first kappa shape index (κ1) is 21.1. The Morgan fingerprint density at radius 3 is 2.78 bits per heavy atom. The Bertz CT molecular complexity index is 1390. The van der Waals surface area contributed by atoms with Gasteiger partial charge in [-0.1, -0.05) is 6.07 Å². The predicted octanol–water partition coefficient (Wildman–Crippen LogP) is 2.68. The number of carbonyl (C=O) groups is 2. The van der Waals surface area contributed by atoms with Crippen LogP contribution in [0.25, 0.3) is 22.1 Å². The number of aryl methyl sites for hydroxylation is 1. The standard InChI is InChI=1S/C21H22N6O5/c1-21(2,3)32-19(29)26-12-9-22-16-15(12)24-10-25-17(16)18(28)23-8-11-5-6-14-13(7-11)27(4)20(30)31-14/h5-7,9-10,22H,8H2,1-4H3,(H,23,28)(H,26,29). The molecule has 0 saturated carbocycles. The van der Waals surface area contributed by atoms with Gasteiger partial charge in [-0.3, -0.25) is 14.7 Å². The van der Waals surface area contributed by atoms with Gasteiger partial charge in [0, 0.05) is 19.8 Å². The van der Waals surface area contributed by atoms with E-state index in [4.69, 9.17) is 9.15 Å². The van der Waals surface area contributed by atoms with E-state index in [1.165, 1.54) is 17.1 Å². The minimum Gasteiger partial charge on any atom is -0.444 e. The minimum absolute atomic E-state index is 0.129. The van der Waals surface area contributed by atoms with Crippen LogP contribution in [0.4, 0.5) is 10.5 Å². The second-order valence-corrected chi connectivity index (χ2v) is 8.19. The average molecular weight is 438 g/mol. The van der Waals surface area contributed by atoms with E-state index in [2.05, 4.69) is 25.6 Å². The van der Waals surface area contributed by atoms with Crippen LogP contribution in [0.1, 0.15) is 36.8 Å². The summed E-state index contributed by atoms with van der Waals surface area (Å²) < 4.78 is 11.8. The smallest absolute Gasteiger partial charge is 0.419 e. The quantitative estimate of drug-likeness (QED) is 0.444. The van der Waals surface area contributed by atoms with E-state index in [0.29, 0.717) is 27.8 Å². The Kier molecular flexibility index (Phi) is 5.17. The number of benzene rings is 1. The van der Waals surface area contributed by atoms with Crippen molar-refractivity contribution in [2.75, 3.05) is 5.32 Å². The van der Waals surface area contributed by atoms with E-state index in [0.717, 1.165) is 5.56 Å². The summed E-state index contributed by atoms with van der Waals surface area (Å²) in [7, 11) is 1.61. The van der Waals surface area contributed by atoms with Gasteiger partial charge in [0.1, 0.15) is 17.4 Å². The number of amides is 2. The van der Waals surface area contributed by atoms with Crippen molar-refractivity contribution in [3.05, 3.63) is 52.5 Å². The highest BCUT2D eigenvalue weighted by Gasteiger charge is 2.20. The van der Waals surface area contributed by atoms with Gasteiger partial charge in [-0.15, -0.1) is 0 Å². The van der Waals surface area contributed by atoms with Crippen molar-refractivity contribution in [2.24, 2.45) is 7.05 Å². The number of aromatic nitrogens is 4. The third-order valence-electron chi connectivity index (χ3n) is 4.62. The number of H-pyrrole nitrogens is 1. The summed E-state index contributed by atoms with van der Waals surface area (Å²) in [4.78, 5) is 47.7. The highest BCUT2D eigenvalue weighted by Crippen LogP contribution is 2.23. The Balaban J connectivity index is 1.51. The summed E-state index contributed by atoms with van der Waals surface area (Å²) in [6, 6.07) is 5.22. The highest BCUT2D eigenvalue weighted by atomic mass is 16.6. The molecule has 11 nitrogen and oxygen atoms in total. The second-order valence-electron chi connectivity index (χ2n) is 8.19. The fraction of sp³-hybridized carbons (Fsp3) is 0.286. The van der Waals surface area contributed by atoms with Gasteiger partial charge in [0.2, 0.25) is 0 Å². The molecule has 3 aromatic heterocycles. The molecule has 0 fully saturated rings. The molecule has 0 atom stereocenters. The molecule has 32 heavy (non-hydrogen) atoms. The van der Waals surface area contributed by atoms with Crippen LogP contribution >= 0.6 is 0 Å². The lowest BCUT2D eigenvalue weighted by Crippen LogP contribution is -2.27. The lowest BCUT2D eigenvalue weighted by molar-refractivity contribution is 0.0636. The molecule has 3 N–H and O–H groups in total. The summed E-state index contributed by atoms with van der Waals surface area (Å²) in [5.41, 5.74) is 2.50. The van der Waals surface area contributed by atoms with Crippen molar-refractivity contribution in [3.63, 3.8) is 0 Å². The largest absolute Gasteiger partial charge is 0.444 e. The summed E-state index contributed by atoms with van der Waals surface area (Å²) in [6.07, 6.45) is 2.14. The van der Waals surface area contributed by atoms with E-state index >= 15 is 0 Å². The Labute approximate surface area is 181 Å². The monoisotopic (exact) mass is 438 g/mol. The molecule has 0 radical (unpaired) electrons. The van der Waals surface area contributed by atoms with Gasteiger partial charge in [-0.25, -0.2) is 19.6 Å². The van der Waals surface area contributed by atoms with Crippen LogP contribution in [-0.2, 0) is 18.3 Å². The number of rotatable bonds is 4. The molecular weight excluding hydrogens is 416 g/mol. The van der Waals surface area contributed by atoms with Gasteiger partial charge in [-0.05, 0) is 38.5 Å². The first-order valence-electron chi connectivity index (χ1n) is 9.81. The maximum atomic E-state index is 12.8. The highest BCUT2D eigenvalue weighted by molar-refractivity contribution is 6.07. The Morgan fingerprint density at radius 2 is 2.03 bits per heavy atom. The Morgan fingerprint density at radius 1 is 1.25 bits per heavy atom. The van der Waals surface area contributed by atoms with Gasteiger partial charge >= 0.3 is 11.8 Å². The number of carbonyl (C=O) groups excluding carboxylic acids is 2. The van der Waals surface area contributed by atoms with Crippen molar-refractivity contribution in [2.45, 2.75) is 32.9 Å². The molecule has 4 aromatic rings. The molecule has 0 aliphatic carbocycles. The molecule has 166 valence electrons. The van der Waals surface area contributed by atoms with Crippen molar-refractivity contribution < 1.29 is 18.7 Å². The first-order chi connectivity index (χ1) is 15.1. The Hall–Kier alpha value is -4.15. The van der Waals surface area contributed by atoms with Gasteiger partial charge in [0.25, 0.3) is 5.91 Å². The fourth-order valence-electron chi connectivity index (χ4n) is 3.17. The normalized spacial score (nSPS) is 11.6. The second kappa shape index (κ2) is 7.84. The maximum Gasteiger partial charge on any atom is 0.419 e. The third kappa shape index (κ3) is 4.17. The molecule has 4 rings (SSSR count). The number of hydrogen-bond donors (Lipinski definition) is 3. The van der Waals surface area contributed by atoms with Crippen LogP contribution in [0.3, 0.4) is 0 Å². The summed E-state index contributed by atoms with van der Waals surface area (Å²) >= 11 is 0. The summed E-state index contributed by atoms with van der Waals surface area (Å²) in [6.45, 7) is 5.49. The predicted molar refractivity (Wildman–Crippen MR) is 116 cm³/mol. The number of anilines is 1. The topological polar surface area (TPSA) is 144 Å². The van der Waals surface area contributed by atoms with Crippen LogP contribution in [0.5, 0.6) is 0 Å². The minimum atomic E-state index is -0.651. The number of nitrogens with one attached hydrogen (secondary N) is 3. The van der Waals surface area contributed by atoms with Crippen LogP contribution in [0.2, 0.25) is 0 Å². The zero-order valence-electron chi connectivity index (χ0n) is 18.0. The number of aromatic amines is 1. The van der Waals surface area contributed by atoms with Crippen molar-refractivity contribution in [1.29, 1.82) is 0 Å². The molecule has 3 heterocycles. The molecule has 0 spiro atoms. The lowest BCUT2D eigenvalue weighted by Gasteiger charge is -2.19. The number of nitrogens with zero attached hydrogens (tertiary/aromatic N) is 3. The summed E-state index contributed by atoms with van der Waals surface area (Å²) in [5.74, 6) is -0.878. The van der Waals surface area contributed by atoms with E-state index < -0.39 is 23.4 Å². The molecule has 0 aliphatic heterocycles. The van der Waals surface area contributed by atoms with E-state index in [9.17, 15) is 14.4 Å².